The molecule has 0 bridgehead atoms. The fourth-order valence-electron chi connectivity index (χ4n) is 10.1. The summed E-state index contributed by atoms with van der Waals surface area (Å²) in [6, 6.07) is 51.7. The third-order valence-electron chi connectivity index (χ3n) is 14.5. The Morgan fingerprint density at radius 2 is 1.10 bits per heavy atom. The first-order valence-corrected chi connectivity index (χ1v) is 26.1. The van der Waals surface area contributed by atoms with Crippen LogP contribution in [-0.2, 0) is 42.7 Å². The minimum atomic E-state index is -2.36. The van der Waals surface area contributed by atoms with E-state index in [0.29, 0.717) is 39.8 Å². The van der Waals surface area contributed by atoms with Gasteiger partial charge < -0.3 is 19.1 Å². The summed E-state index contributed by atoms with van der Waals surface area (Å²) in [5.74, 6) is 1.24. The second-order valence-corrected chi connectivity index (χ2v) is 24.2. The van der Waals surface area contributed by atoms with E-state index in [1.165, 1.54) is 23.4 Å². The van der Waals surface area contributed by atoms with Crippen LogP contribution in [0, 0.1) is 25.7 Å². The molecular formula is C71H69N4OPt-3. The van der Waals surface area contributed by atoms with E-state index in [2.05, 4.69) is 155 Å². The number of nitrogens with zero attached hydrogens (tertiary/aromatic N) is 4. The van der Waals surface area contributed by atoms with Crippen LogP contribution in [0.4, 0.5) is 22.7 Å². The third kappa shape index (κ3) is 10.4. The molecule has 0 aliphatic carbocycles. The van der Waals surface area contributed by atoms with Crippen LogP contribution in [0.25, 0.3) is 61.0 Å². The molecule has 1 aliphatic rings. The van der Waals surface area contributed by atoms with Crippen LogP contribution in [0.2, 0.25) is 0 Å². The van der Waals surface area contributed by atoms with Crippen molar-refractivity contribution in [3.63, 3.8) is 0 Å². The molecule has 0 atom stereocenters. The minimum absolute atomic E-state index is 0. The van der Waals surface area contributed by atoms with Crippen LogP contribution in [-0.4, -0.2) is 9.55 Å². The Balaban J connectivity index is 0.00000803. The first-order chi connectivity index (χ1) is 39.4. The molecule has 0 radical (unpaired) electrons. The number of hydrogen-bond donors (Lipinski definition) is 0. The third-order valence-corrected chi connectivity index (χ3v) is 14.5. The van der Waals surface area contributed by atoms with E-state index >= 15 is 0 Å². The molecule has 77 heavy (non-hydrogen) atoms. The molecule has 0 spiro atoms. The molecule has 5 nitrogen and oxygen atoms in total. The number of fused-ring (bicyclic) bond motifs is 4. The Morgan fingerprint density at radius 1 is 0.519 bits per heavy atom. The quantitative estimate of drug-likeness (QED) is 0.142. The molecule has 0 N–H and O–H groups in total. The van der Waals surface area contributed by atoms with Crippen LogP contribution in [0.1, 0.15) is 122 Å². The average Bonchev–Trinajstić information content (AvgIpc) is 1.78. The van der Waals surface area contributed by atoms with Gasteiger partial charge in [0.25, 0.3) is 0 Å². The van der Waals surface area contributed by atoms with Gasteiger partial charge in [-0.3, -0.25) is 0 Å². The van der Waals surface area contributed by atoms with Gasteiger partial charge in [0.1, 0.15) is 5.82 Å². The molecular weight excluding hydrogens is 1120 g/mol. The zero-order valence-corrected chi connectivity index (χ0v) is 48.2. The van der Waals surface area contributed by atoms with Crippen molar-refractivity contribution in [3.8, 4) is 50.7 Å². The number of pyridine rings is 1. The molecule has 0 fully saturated rings. The van der Waals surface area contributed by atoms with Crippen molar-refractivity contribution < 1.29 is 36.8 Å². The number of para-hydroxylation sites is 3. The SMILES string of the molecule is [2H]c1c([2H])c([2H])c(-c2cccc(-c3cc(C(C)(C)C)cc(C(C)(C)C)c3)c2N2[CH-]N(c3[c-]c(Oc4[c-]c5c(cc4)c4cc(-c6cc(C(C)(C)C)cc(C(C)(C)C)c6)ccc4n5-c4cc(C([2H])([2H])[2H])ccn4)ccc3)c3ccccc32)c([2H])c1[2H].[Pt]. The maximum absolute atomic E-state index is 9.27. The van der Waals surface area contributed by atoms with Gasteiger partial charge in [-0.05, 0) is 114 Å². The molecule has 6 heteroatoms. The van der Waals surface area contributed by atoms with E-state index in [1.807, 2.05) is 88.9 Å². The first-order valence-electron chi connectivity index (χ1n) is 30.1. The number of benzene rings is 8. The Kier molecular flexibility index (Phi) is 11.4. The summed E-state index contributed by atoms with van der Waals surface area (Å²) < 4.78 is 78.2. The van der Waals surface area contributed by atoms with Crippen LogP contribution in [0.15, 0.2) is 176 Å². The zero-order valence-electron chi connectivity index (χ0n) is 53.9. The summed E-state index contributed by atoms with van der Waals surface area (Å²) in [5, 5.41) is 1.83. The van der Waals surface area contributed by atoms with Crippen molar-refractivity contribution in [1.29, 1.82) is 0 Å². The Morgan fingerprint density at radius 3 is 1.73 bits per heavy atom. The summed E-state index contributed by atoms with van der Waals surface area (Å²) >= 11 is 0. The molecule has 0 saturated heterocycles. The van der Waals surface area contributed by atoms with Crippen molar-refractivity contribution in [1.82, 2.24) is 9.55 Å². The molecule has 0 amide bonds. The van der Waals surface area contributed by atoms with Crippen molar-refractivity contribution >= 4 is 44.6 Å². The van der Waals surface area contributed by atoms with Crippen LogP contribution >= 0.6 is 0 Å². The molecule has 2 aromatic heterocycles. The maximum Gasteiger partial charge on any atom is 0.135 e. The zero-order chi connectivity index (χ0) is 60.3. The Labute approximate surface area is 483 Å². The van der Waals surface area contributed by atoms with Gasteiger partial charge in [0.05, 0.1) is 6.85 Å². The van der Waals surface area contributed by atoms with Gasteiger partial charge in [-0.2, -0.15) is 12.1 Å². The second kappa shape index (κ2) is 20.0. The number of aryl methyl sites for hydroxylation is 1. The largest absolute Gasteiger partial charge is 0.509 e. The van der Waals surface area contributed by atoms with E-state index in [9.17, 15) is 2.74 Å². The van der Waals surface area contributed by atoms with E-state index in [-0.39, 0.29) is 65.9 Å². The molecule has 8 aromatic carbocycles. The smallest absolute Gasteiger partial charge is 0.135 e. The van der Waals surface area contributed by atoms with Crippen molar-refractivity contribution in [2.45, 2.75) is 112 Å². The van der Waals surface area contributed by atoms with E-state index in [4.69, 9.17) is 17.9 Å². The molecule has 1 aliphatic heterocycles. The fourth-order valence-corrected chi connectivity index (χ4v) is 10.1. The second-order valence-electron chi connectivity index (χ2n) is 24.2. The van der Waals surface area contributed by atoms with Crippen molar-refractivity contribution in [2.24, 2.45) is 0 Å². The van der Waals surface area contributed by atoms with Gasteiger partial charge in [-0.15, -0.1) is 48.1 Å². The topological polar surface area (TPSA) is 33.5 Å². The van der Waals surface area contributed by atoms with Gasteiger partial charge in [-0.1, -0.05) is 198 Å². The van der Waals surface area contributed by atoms with Crippen molar-refractivity contribution in [2.75, 3.05) is 9.80 Å². The maximum atomic E-state index is 9.27. The number of aromatic nitrogens is 2. The fraction of sp³-hybridized carbons (Fsp3) is 0.239. The van der Waals surface area contributed by atoms with Gasteiger partial charge in [0.2, 0.25) is 0 Å². The van der Waals surface area contributed by atoms with Crippen LogP contribution in [0.3, 0.4) is 0 Å². The molecule has 392 valence electrons. The number of anilines is 4. The summed E-state index contributed by atoms with van der Waals surface area (Å²) in [4.78, 5) is 8.82. The number of ether oxygens (including phenoxy) is 1. The van der Waals surface area contributed by atoms with E-state index in [0.717, 1.165) is 61.0 Å². The minimum Gasteiger partial charge on any atom is -0.509 e. The monoisotopic (exact) mass is 1200 g/mol. The van der Waals surface area contributed by atoms with Crippen LogP contribution in [0.5, 0.6) is 11.5 Å². The van der Waals surface area contributed by atoms with Crippen molar-refractivity contribution in [3.05, 3.63) is 223 Å². The summed E-state index contributed by atoms with van der Waals surface area (Å²) in [6.07, 6.45) is 1.53. The Bertz CT molecular complexity index is 4180. The van der Waals surface area contributed by atoms with E-state index in [1.54, 1.807) is 6.07 Å². The summed E-state index contributed by atoms with van der Waals surface area (Å²) in [5.41, 5.74) is 13.2. The predicted octanol–water partition coefficient (Wildman–Crippen LogP) is 19.5. The summed E-state index contributed by atoms with van der Waals surface area (Å²) in [7, 11) is 0. The molecule has 0 saturated carbocycles. The summed E-state index contributed by atoms with van der Waals surface area (Å²) in [6.45, 7) is 26.2. The normalized spacial score (nSPS) is 14.7. The van der Waals surface area contributed by atoms with Gasteiger partial charge in [0, 0.05) is 76.6 Å². The molecule has 3 heterocycles. The first kappa shape index (κ1) is 43.9. The number of hydrogen-bond acceptors (Lipinski definition) is 4. The molecule has 0 unspecified atom stereocenters. The molecule has 11 rings (SSSR count). The molecule has 10 aromatic rings. The van der Waals surface area contributed by atoms with E-state index < -0.39 is 25.0 Å². The predicted molar refractivity (Wildman–Crippen MR) is 320 cm³/mol. The average molecular weight is 1200 g/mol. The van der Waals surface area contributed by atoms with Gasteiger partial charge in [0.15, 0.2) is 0 Å². The standard InChI is InChI=1S/C71H69N4O.Pt/c1-46-33-34-72-66(35-46)75-62-32-29-48(49-36-51(68(2,3)4)41-52(37-49)69(5,6)7)40-61(62)60-31-30-57(44-65(60)75)76-56-24-19-23-55(43-56)73-45-74(64-28-18-17-27-63(64)73)67-58(47-21-15-14-16-22-47)25-20-26-59(67)50-38-53(70(8,9)10)42-54(39-50)71(11,12)13;/h14-42,45H,1-13H3;/q-3;/i1D3,14D,15D,16D,21D,22D;. The van der Waals surface area contributed by atoms with Gasteiger partial charge >= 0.3 is 0 Å². The number of rotatable bonds is 8. The van der Waals surface area contributed by atoms with Gasteiger partial charge in [-0.25, -0.2) is 4.98 Å². The van der Waals surface area contributed by atoms with Crippen LogP contribution < -0.4 is 14.5 Å². The Hall–Kier alpha value is -7.20.